The van der Waals surface area contributed by atoms with E-state index >= 15 is 0 Å². The molecule has 2 unspecified atom stereocenters. The first kappa shape index (κ1) is 15.9. The van der Waals surface area contributed by atoms with Crippen LogP contribution in [-0.2, 0) is 0 Å². The monoisotopic (exact) mass is 311 g/mol. The maximum Gasteiger partial charge on any atom is 0.128 e. The van der Waals surface area contributed by atoms with Crippen molar-refractivity contribution >= 4 is 11.6 Å². The minimum Gasteiger partial charge on any atom is -0.388 e. The highest BCUT2D eigenvalue weighted by Crippen LogP contribution is 2.36. The van der Waals surface area contributed by atoms with Crippen LogP contribution in [0.2, 0.25) is 5.02 Å². The van der Waals surface area contributed by atoms with Crippen LogP contribution in [-0.4, -0.2) is 11.7 Å². The summed E-state index contributed by atoms with van der Waals surface area (Å²) in [6.45, 7) is 1.73. The summed E-state index contributed by atoms with van der Waals surface area (Å²) >= 11 is 6.02. The van der Waals surface area contributed by atoms with Crippen molar-refractivity contribution < 1.29 is 13.9 Å². The second kappa shape index (κ2) is 6.52. The van der Waals surface area contributed by atoms with Crippen molar-refractivity contribution in [3.8, 4) is 0 Å². The number of hydrogen-bond acceptors (Lipinski definition) is 2. The topological polar surface area (TPSA) is 46.2 Å². The third-order valence-electron chi connectivity index (χ3n) is 3.57. The van der Waals surface area contributed by atoms with E-state index < -0.39 is 23.7 Å². The van der Waals surface area contributed by atoms with Crippen molar-refractivity contribution in [1.29, 1.82) is 0 Å². The van der Waals surface area contributed by atoms with Gasteiger partial charge in [0, 0.05) is 23.0 Å². The summed E-state index contributed by atoms with van der Waals surface area (Å²) in [5.74, 6) is -1.75. The van der Waals surface area contributed by atoms with Gasteiger partial charge in [-0.3, -0.25) is 0 Å². The normalized spacial score (nSPS) is 14.0. The Bertz CT molecular complexity index is 628. The summed E-state index contributed by atoms with van der Waals surface area (Å²) in [6, 6.07) is 8.37. The van der Waals surface area contributed by atoms with Crippen LogP contribution in [0.4, 0.5) is 8.78 Å². The summed E-state index contributed by atoms with van der Waals surface area (Å²) in [7, 11) is 0. The molecule has 5 heteroatoms. The molecule has 3 N–H and O–H groups in total. The van der Waals surface area contributed by atoms with E-state index in [0.717, 1.165) is 0 Å². The highest BCUT2D eigenvalue weighted by molar-refractivity contribution is 6.31. The number of halogens is 3. The quantitative estimate of drug-likeness (QED) is 0.904. The van der Waals surface area contributed by atoms with Crippen molar-refractivity contribution in [2.45, 2.75) is 18.9 Å². The van der Waals surface area contributed by atoms with Crippen LogP contribution in [0.3, 0.4) is 0 Å². The molecule has 0 amide bonds. The van der Waals surface area contributed by atoms with Crippen molar-refractivity contribution in [2.75, 3.05) is 6.54 Å². The summed E-state index contributed by atoms with van der Waals surface area (Å²) in [6.07, 6.45) is -1.14. The Balaban J connectivity index is 2.48. The van der Waals surface area contributed by atoms with Gasteiger partial charge in [0.25, 0.3) is 0 Å². The van der Waals surface area contributed by atoms with Gasteiger partial charge < -0.3 is 10.8 Å². The lowest BCUT2D eigenvalue weighted by molar-refractivity contribution is 0.144. The fourth-order valence-electron chi connectivity index (χ4n) is 2.42. The Labute approximate surface area is 127 Å². The van der Waals surface area contributed by atoms with E-state index in [0.29, 0.717) is 11.1 Å². The highest BCUT2D eigenvalue weighted by Gasteiger charge is 2.27. The molecule has 0 saturated carbocycles. The fourth-order valence-corrected chi connectivity index (χ4v) is 2.72. The molecule has 2 aromatic rings. The van der Waals surface area contributed by atoms with E-state index in [9.17, 15) is 13.9 Å². The zero-order chi connectivity index (χ0) is 15.6. The second-order valence-electron chi connectivity index (χ2n) is 4.92. The van der Waals surface area contributed by atoms with Crippen LogP contribution in [0.1, 0.15) is 28.7 Å². The Kier molecular flexibility index (Phi) is 4.93. The van der Waals surface area contributed by atoms with Gasteiger partial charge in [-0.2, -0.15) is 0 Å². The first-order valence-electron chi connectivity index (χ1n) is 6.53. The van der Waals surface area contributed by atoms with Gasteiger partial charge in [0.1, 0.15) is 11.6 Å². The van der Waals surface area contributed by atoms with Crippen LogP contribution in [0.5, 0.6) is 0 Å². The standard InChI is InChI=1S/C16H16ClF2NO/c1-9-5-6-10(18)7-11(9)16(21)12(8-20)15-13(17)3-2-4-14(15)19/h2-7,12,16,21H,8,20H2,1H3. The fraction of sp³-hybridized carbons (Fsp3) is 0.250. The minimum absolute atomic E-state index is 0.0161. The zero-order valence-electron chi connectivity index (χ0n) is 11.5. The Morgan fingerprint density at radius 2 is 1.95 bits per heavy atom. The van der Waals surface area contributed by atoms with Gasteiger partial charge in [0.2, 0.25) is 0 Å². The van der Waals surface area contributed by atoms with Crippen LogP contribution >= 0.6 is 11.6 Å². The molecule has 0 aliphatic rings. The lowest BCUT2D eigenvalue weighted by atomic mass is 9.87. The van der Waals surface area contributed by atoms with Gasteiger partial charge in [-0.1, -0.05) is 23.7 Å². The average molecular weight is 312 g/mol. The number of aryl methyl sites for hydroxylation is 1. The number of hydrogen-bond donors (Lipinski definition) is 2. The van der Waals surface area contributed by atoms with Crippen molar-refractivity contribution in [3.63, 3.8) is 0 Å². The Morgan fingerprint density at radius 3 is 2.57 bits per heavy atom. The number of rotatable bonds is 4. The molecule has 0 saturated heterocycles. The maximum absolute atomic E-state index is 14.0. The first-order chi connectivity index (χ1) is 9.95. The van der Waals surface area contributed by atoms with Crippen molar-refractivity contribution in [2.24, 2.45) is 5.73 Å². The van der Waals surface area contributed by atoms with E-state index in [1.54, 1.807) is 13.0 Å². The Hall–Kier alpha value is -1.49. The van der Waals surface area contributed by atoms with Gasteiger partial charge in [0.05, 0.1) is 6.10 Å². The zero-order valence-corrected chi connectivity index (χ0v) is 12.2. The predicted molar refractivity (Wildman–Crippen MR) is 79.3 cm³/mol. The molecule has 2 rings (SSSR count). The summed E-state index contributed by atoms with van der Waals surface area (Å²) < 4.78 is 27.4. The molecule has 2 nitrogen and oxygen atoms in total. The number of aliphatic hydroxyl groups is 1. The first-order valence-corrected chi connectivity index (χ1v) is 6.91. The van der Waals surface area contributed by atoms with Gasteiger partial charge in [0.15, 0.2) is 0 Å². The number of benzene rings is 2. The molecular weight excluding hydrogens is 296 g/mol. The lowest BCUT2D eigenvalue weighted by Crippen LogP contribution is -2.22. The van der Waals surface area contributed by atoms with Crippen LogP contribution in [0.25, 0.3) is 0 Å². The lowest BCUT2D eigenvalue weighted by Gasteiger charge is -2.25. The summed E-state index contributed by atoms with van der Waals surface area (Å²) in [5, 5.41) is 10.7. The smallest absolute Gasteiger partial charge is 0.128 e. The van der Waals surface area contributed by atoms with E-state index in [-0.39, 0.29) is 17.1 Å². The maximum atomic E-state index is 14.0. The largest absolute Gasteiger partial charge is 0.388 e. The van der Waals surface area contributed by atoms with Crippen molar-refractivity contribution in [3.05, 3.63) is 69.7 Å². The molecule has 0 heterocycles. The van der Waals surface area contributed by atoms with Gasteiger partial charge >= 0.3 is 0 Å². The third kappa shape index (κ3) is 3.23. The van der Waals surface area contributed by atoms with Crippen LogP contribution in [0, 0.1) is 18.6 Å². The Morgan fingerprint density at radius 1 is 1.24 bits per heavy atom. The molecule has 112 valence electrons. The van der Waals surface area contributed by atoms with Crippen molar-refractivity contribution in [1.82, 2.24) is 0 Å². The third-order valence-corrected chi connectivity index (χ3v) is 3.90. The number of aliphatic hydroxyl groups excluding tert-OH is 1. The van der Waals surface area contributed by atoms with Crippen LogP contribution < -0.4 is 5.73 Å². The predicted octanol–water partition coefficient (Wildman–Crippen LogP) is 3.70. The SMILES string of the molecule is Cc1ccc(F)cc1C(O)C(CN)c1c(F)cccc1Cl. The minimum atomic E-state index is -1.14. The summed E-state index contributed by atoms with van der Waals surface area (Å²) in [4.78, 5) is 0. The molecule has 2 aromatic carbocycles. The second-order valence-corrected chi connectivity index (χ2v) is 5.33. The summed E-state index contributed by atoms with van der Waals surface area (Å²) in [5.41, 5.74) is 6.92. The molecular formula is C16H16ClF2NO. The molecule has 0 spiro atoms. The molecule has 0 bridgehead atoms. The van der Waals surface area contributed by atoms with Gasteiger partial charge in [-0.15, -0.1) is 0 Å². The molecule has 21 heavy (non-hydrogen) atoms. The average Bonchev–Trinajstić information content (AvgIpc) is 2.45. The van der Waals surface area contributed by atoms with E-state index in [1.165, 1.54) is 30.3 Å². The number of nitrogens with two attached hydrogens (primary N) is 1. The molecule has 0 aliphatic heterocycles. The van der Waals surface area contributed by atoms with E-state index in [1.807, 2.05) is 0 Å². The molecule has 0 radical (unpaired) electrons. The van der Waals surface area contributed by atoms with E-state index in [2.05, 4.69) is 0 Å². The molecule has 0 fully saturated rings. The van der Waals surface area contributed by atoms with E-state index in [4.69, 9.17) is 17.3 Å². The van der Waals surface area contributed by atoms with Crippen LogP contribution in [0.15, 0.2) is 36.4 Å². The molecule has 0 aromatic heterocycles. The molecule has 2 atom stereocenters. The van der Waals surface area contributed by atoms with Gasteiger partial charge in [-0.05, 0) is 42.3 Å². The van der Waals surface area contributed by atoms with Gasteiger partial charge in [-0.25, -0.2) is 8.78 Å². The molecule has 0 aliphatic carbocycles. The highest BCUT2D eigenvalue weighted by atomic mass is 35.5.